The van der Waals surface area contributed by atoms with Crippen molar-refractivity contribution in [1.29, 1.82) is 5.26 Å². The highest BCUT2D eigenvalue weighted by Gasteiger charge is 2.12. The molecule has 0 saturated heterocycles. The highest BCUT2D eigenvalue weighted by Crippen LogP contribution is 2.19. The molecule has 98 valence electrons. The first-order chi connectivity index (χ1) is 8.60. The predicted molar refractivity (Wildman–Crippen MR) is 74.7 cm³/mol. The average Bonchev–Trinajstić information content (AvgIpc) is 2.34. The molecule has 0 amide bonds. The molecule has 1 aromatic heterocycles. The zero-order valence-corrected chi connectivity index (χ0v) is 11.8. The number of nitrogens with zero attached hydrogens (tertiary/aromatic N) is 4. The fourth-order valence-electron chi connectivity index (χ4n) is 1.91. The summed E-state index contributed by atoms with van der Waals surface area (Å²) in [5.74, 6) is 0.818. The molecule has 0 aliphatic heterocycles. The maximum absolute atomic E-state index is 9.23. The van der Waals surface area contributed by atoms with Gasteiger partial charge in [0.25, 0.3) is 0 Å². The number of anilines is 1. The summed E-state index contributed by atoms with van der Waals surface area (Å²) in [5, 5.41) is 9.23. The van der Waals surface area contributed by atoms with E-state index >= 15 is 0 Å². The molecular formula is C14H22N4. The standard InChI is InChI=1S/C14H22N4/c1-5-18(10-6-9-17(3)4)14-13(11-15)12(2)7-8-16-14/h7-8H,5-6,9-10H2,1-4H3. The number of aromatic nitrogens is 1. The van der Waals surface area contributed by atoms with Crippen molar-refractivity contribution in [3.63, 3.8) is 0 Å². The van der Waals surface area contributed by atoms with E-state index in [9.17, 15) is 5.26 Å². The van der Waals surface area contributed by atoms with Crippen LogP contribution in [0, 0.1) is 18.3 Å². The van der Waals surface area contributed by atoms with Crippen LogP contribution in [0.4, 0.5) is 5.82 Å². The topological polar surface area (TPSA) is 43.2 Å². The molecule has 0 aliphatic carbocycles. The fraction of sp³-hybridized carbons (Fsp3) is 0.571. The number of hydrogen-bond acceptors (Lipinski definition) is 4. The lowest BCUT2D eigenvalue weighted by Crippen LogP contribution is -2.28. The van der Waals surface area contributed by atoms with Crippen LogP contribution >= 0.6 is 0 Å². The van der Waals surface area contributed by atoms with Gasteiger partial charge in [0.1, 0.15) is 11.9 Å². The van der Waals surface area contributed by atoms with Crippen molar-refractivity contribution in [3.05, 3.63) is 23.4 Å². The normalized spacial score (nSPS) is 10.4. The first-order valence-corrected chi connectivity index (χ1v) is 6.35. The highest BCUT2D eigenvalue weighted by atomic mass is 15.2. The third-order valence-electron chi connectivity index (χ3n) is 2.97. The van der Waals surface area contributed by atoms with E-state index in [0.29, 0.717) is 5.56 Å². The van der Waals surface area contributed by atoms with Crippen LogP contribution in [-0.4, -0.2) is 43.6 Å². The molecule has 0 saturated carbocycles. The van der Waals surface area contributed by atoms with Gasteiger partial charge in [0.05, 0.1) is 5.56 Å². The van der Waals surface area contributed by atoms with Gasteiger partial charge in [-0.2, -0.15) is 5.26 Å². The predicted octanol–water partition coefficient (Wildman–Crippen LogP) is 2.04. The number of pyridine rings is 1. The molecule has 0 radical (unpaired) electrons. The number of hydrogen-bond donors (Lipinski definition) is 0. The maximum atomic E-state index is 9.23. The minimum Gasteiger partial charge on any atom is -0.356 e. The van der Waals surface area contributed by atoms with Gasteiger partial charge >= 0.3 is 0 Å². The Balaban J connectivity index is 2.82. The van der Waals surface area contributed by atoms with Crippen LogP contribution in [0.15, 0.2) is 12.3 Å². The molecule has 0 aliphatic rings. The summed E-state index contributed by atoms with van der Waals surface area (Å²) < 4.78 is 0. The Bertz CT molecular complexity index is 420. The van der Waals surface area contributed by atoms with Crippen LogP contribution in [0.5, 0.6) is 0 Å². The highest BCUT2D eigenvalue weighted by molar-refractivity contribution is 5.57. The Morgan fingerprint density at radius 1 is 1.33 bits per heavy atom. The summed E-state index contributed by atoms with van der Waals surface area (Å²) in [6.45, 7) is 6.90. The molecule has 1 rings (SSSR count). The van der Waals surface area contributed by atoms with Gasteiger partial charge in [-0.3, -0.25) is 0 Å². The molecule has 1 aromatic rings. The second kappa shape index (κ2) is 6.97. The van der Waals surface area contributed by atoms with E-state index in [0.717, 1.165) is 37.4 Å². The lowest BCUT2D eigenvalue weighted by molar-refractivity contribution is 0.400. The molecule has 1 heterocycles. The summed E-state index contributed by atoms with van der Waals surface area (Å²) in [6.07, 6.45) is 2.85. The first kappa shape index (κ1) is 14.5. The van der Waals surface area contributed by atoms with Gasteiger partial charge in [0.15, 0.2) is 0 Å². The molecule has 4 nitrogen and oxygen atoms in total. The minimum absolute atomic E-state index is 0.698. The first-order valence-electron chi connectivity index (χ1n) is 6.35. The number of nitriles is 1. The summed E-state index contributed by atoms with van der Waals surface area (Å²) in [6, 6.07) is 4.15. The van der Waals surface area contributed by atoms with Crippen LogP contribution in [-0.2, 0) is 0 Å². The van der Waals surface area contributed by atoms with E-state index < -0.39 is 0 Å². The van der Waals surface area contributed by atoms with Crippen molar-refractivity contribution in [1.82, 2.24) is 9.88 Å². The smallest absolute Gasteiger partial charge is 0.146 e. The second-order valence-electron chi connectivity index (χ2n) is 4.67. The van der Waals surface area contributed by atoms with Crippen molar-refractivity contribution in [2.45, 2.75) is 20.3 Å². The zero-order chi connectivity index (χ0) is 13.5. The fourth-order valence-corrected chi connectivity index (χ4v) is 1.91. The summed E-state index contributed by atoms with van der Waals surface area (Å²) >= 11 is 0. The summed E-state index contributed by atoms with van der Waals surface area (Å²) in [7, 11) is 4.14. The Labute approximate surface area is 110 Å². The van der Waals surface area contributed by atoms with Gasteiger partial charge in [-0.05, 0) is 52.5 Å². The molecule has 0 atom stereocenters. The van der Waals surface area contributed by atoms with E-state index in [-0.39, 0.29) is 0 Å². The van der Waals surface area contributed by atoms with Gasteiger partial charge < -0.3 is 9.80 Å². The van der Waals surface area contributed by atoms with Crippen molar-refractivity contribution in [3.8, 4) is 6.07 Å². The van der Waals surface area contributed by atoms with Crippen LogP contribution < -0.4 is 4.90 Å². The van der Waals surface area contributed by atoms with Crippen molar-refractivity contribution in [2.24, 2.45) is 0 Å². The Morgan fingerprint density at radius 3 is 2.61 bits per heavy atom. The molecule has 0 spiro atoms. The van der Waals surface area contributed by atoms with Crippen molar-refractivity contribution < 1.29 is 0 Å². The zero-order valence-electron chi connectivity index (χ0n) is 11.8. The monoisotopic (exact) mass is 246 g/mol. The largest absolute Gasteiger partial charge is 0.356 e. The van der Waals surface area contributed by atoms with Gasteiger partial charge in [-0.15, -0.1) is 0 Å². The third-order valence-corrected chi connectivity index (χ3v) is 2.97. The van der Waals surface area contributed by atoms with Gasteiger partial charge in [0, 0.05) is 19.3 Å². The summed E-state index contributed by atoms with van der Waals surface area (Å²) in [4.78, 5) is 8.71. The van der Waals surface area contributed by atoms with Crippen LogP contribution in [0.1, 0.15) is 24.5 Å². The quantitative estimate of drug-likeness (QED) is 0.770. The third kappa shape index (κ3) is 3.71. The SMILES string of the molecule is CCN(CCCN(C)C)c1nccc(C)c1C#N. The Kier molecular flexibility index (Phi) is 5.60. The molecule has 0 unspecified atom stereocenters. The molecular weight excluding hydrogens is 224 g/mol. The van der Waals surface area contributed by atoms with E-state index in [1.165, 1.54) is 0 Å². The van der Waals surface area contributed by atoms with E-state index in [2.05, 4.69) is 41.9 Å². The van der Waals surface area contributed by atoms with Crippen LogP contribution in [0.3, 0.4) is 0 Å². The summed E-state index contributed by atoms with van der Waals surface area (Å²) in [5.41, 5.74) is 1.69. The Morgan fingerprint density at radius 2 is 2.06 bits per heavy atom. The molecule has 0 fully saturated rings. The number of rotatable bonds is 6. The lowest BCUT2D eigenvalue weighted by atomic mass is 10.1. The maximum Gasteiger partial charge on any atom is 0.146 e. The molecule has 0 bridgehead atoms. The lowest BCUT2D eigenvalue weighted by Gasteiger charge is -2.24. The van der Waals surface area contributed by atoms with Crippen LogP contribution in [0.2, 0.25) is 0 Å². The number of aryl methyl sites for hydroxylation is 1. The van der Waals surface area contributed by atoms with E-state index in [1.54, 1.807) is 6.20 Å². The van der Waals surface area contributed by atoms with Gasteiger partial charge in [-0.25, -0.2) is 4.98 Å². The van der Waals surface area contributed by atoms with E-state index in [4.69, 9.17) is 0 Å². The molecule has 0 N–H and O–H groups in total. The average molecular weight is 246 g/mol. The van der Waals surface area contributed by atoms with E-state index in [1.807, 2.05) is 13.0 Å². The van der Waals surface area contributed by atoms with Crippen molar-refractivity contribution in [2.75, 3.05) is 38.6 Å². The molecule has 18 heavy (non-hydrogen) atoms. The van der Waals surface area contributed by atoms with Crippen molar-refractivity contribution >= 4 is 5.82 Å². The second-order valence-corrected chi connectivity index (χ2v) is 4.67. The van der Waals surface area contributed by atoms with Gasteiger partial charge in [-0.1, -0.05) is 0 Å². The minimum atomic E-state index is 0.698. The Hall–Kier alpha value is -1.60. The van der Waals surface area contributed by atoms with Gasteiger partial charge in [0.2, 0.25) is 0 Å². The molecule has 0 aromatic carbocycles. The van der Waals surface area contributed by atoms with Crippen LogP contribution in [0.25, 0.3) is 0 Å². The molecule has 4 heteroatoms.